The predicted octanol–water partition coefficient (Wildman–Crippen LogP) is 6.58. The molecule has 230 valence electrons. The average Bonchev–Trinajstić information content (AvgIpc) is 3.17. The molecule has 1 unspecified atom stereocenters. The van der Waals surface area contributed by atoms with E-state index in [0.29, 0.717) is 16.2 Å². The van der Waals surface area contributed by atoms with E-state index in [0.717, 1.165) is 5.56 Å². The summed E-state index contributed by atoms with van der Waals surface area (Å²) in [5, 5.41) is 22.0. The summed E-state index contributed by atoms with van der Waals surface area (Å²) in [5.74, 6) is -0.983. The van der Waals surface area contributed by atoms with Crippen LogP contribution in [0.25, 0.3) is 0 Å². The van der Waals surface area contributed by atoms with E-state index in [1.54, 1.807) is 12.1 Å². The van der Waals surface area contributed by atoms with Crippen molar-refractivity contribution in [2.24, 2.45) is 11.8 Å². The van der Waals surface area contributed by atoms with Crippen molar-refractivity contribution in [2.45, 2.75) is 77.3 Å². The highest BCUT2D eigenvalue weighted by atomic mass is 32.2. The molecular formula is C30H37N3O8SSi. The largest absolute Gasteiger partial charge is 0.456 e. The molecule has 1 saturated heterocycles. The van der Waals surface area contributed by atoms with Gasteiger partial charge in [-0.1, -0.05) is 39.8 Å². The maximum atomic E-state index is 13.7. The molecule has 13 heteroatoms. The highest BCUT2D eigenvalue weighted by Crippen LogP contribution is 2.52. The highest BCUT2D eigenvalue weighted by Gasteiger charge is 2.61. The minimum Gasteiger partial charge on any atom is -0.456 e. The molecule has 4 atom stereocenters. The second kappa shape index (κ2) is 12.2. The third-order valence-electron chi connectivity index (χ3n) is 8.63. The number of thioether (sulfide) groups is 1. The number of nitrogens with zero attached hydrogens (tertiary/aromatic N) is 3. The van der Waals surface area contributed by atoms with Crippen LogP contribution in [0.3, 0.4) is 0 Å². The molecule has 43 heavy (non-hydrogen) atoms. The van der Waals surface area contributed by atoms with Crippen molar-refractivity contribution in [3.63, 3.8) is 0 Å². The zero-order valence-corrected chi connectivity index (χ0v) is 27.2. The van der Waals surface area contributed by atoms with E-state index in [2.05, 4.69) is 33.9 Å². The van der Waals surface area contributed by atoms with Crippen LogP contribution in [-0.4, -0.2) is 47.1 Å². The van der Waals surface area contributed by atoms with Gasteiger partial charge in [0.15, 0.2) is 8.32 Å². The van der Waals surface area contributed by atoms with Gasteiger partial charge >= 0.3 is 5.97 Å². The van der Waals surface area contributed by atoms with Gasteiger partial charge in [-0.25, -0.2) is 4.79 Å². The molecule has 1 amide bonds. The van der Waals surface area contributed by atoms with Gasteiger partial charge in [-0.2, -0.15) is 0 Å². The van der Waals surface area contributed by atoms with E-state index in [1.165, 1.54) is 53.1 Å². The van der Waals surface area contributed by atoms with Crippen LogP contribution >= 0.6 is 11.8 Å². The summed E-state index contributed by atoms with van der Waals surface area (Å²) in [6.07, 6.45) is -0.339. The number of amides is 1. The summed E-state index contributed by atoms with van der Waals surface area (Å²) in [5.41, 5.74) is 1.53. The Morgan fingerprint density at radius 1 is 1.00 bits per heavy atom. The van der Waals surface area contributed by atoms with Crippen LogP contribution in [0, 0.1) is 32.1 Å². The van der Waals surface area contributed by atoms with Crippen molar-refractivity contribution in [1.29, 1.82) is 0 Å². The number of non-ortho nitro benzene ring substituents is 2. The summed E-state index contributed by atoms with van der Waals surface area (Å²) in [6, 6.07) is 11.7. The first-order valence-electron chi connectivity index (χ1n) is 14.0. The zero-order valence-electron chi connectivity index (χ0n) is 25.4. The third-order valence-corrected chi connectivity index (χ3v) is 14.6. The first-order chi connectivity index (χ1) is 20.0. The van der Waals surface area contributed by atoms with E-state index in [-0.39, 0.29) is 52.7 Å². The molecule has 2 aliphatic heterocycles. The fourth-order valence-corrected chi connectivity index (χ4v) is 7.88. The molecule has 0 radical (unpaired) electrons. The van der Waals surface area contributed by atoms with Crippen LogP contribution in [-0.2, 0) is 31.1 Å². The average molecular weight is 628 g/mol. The SMILES string of the molecule is CC(O[Si](C)(C)C(C)(C)C)[C@H]1C(=O)N2C(C(=O)OCc3ccc([N+](=O)[O-])cc3)=C(SCc3ccc([N+](=O)[O-])cc3)[C@H](C)[C@H]12. The van der Waals surface area contributed by atoms with E-state index >= 15 is 0 Å². The maximum absolute atomic E-state index is 13.7. The summed E-state index contributed by atoms with van der Waals surface area (Å²) in [4.78, 5) is 50.5. The lowest BCUT2D eigenvalue weighted by atomic mass is 9.79. The number of hydrogen-bond donors (Lipinski definition) is 0. The van der Waals surface area contributed by atoms with Crippen molar-refractivity contribution >= 4 is 43.3 Å². The predicted molar refractivity (Wildman–Crippen MR) is 165 cm³/mol. The summed E-state index contributed by atoms with van der Waals surface area (Å²) in [7, 11) is -2.17. The molecule has 2 heterocycles. The molecule has 1 fully saturated rings. The summed E-state index contributed by atoms with van der Waals surface area (Å²) < 4.78 is 12.2. The first kappa shape index (κ1) is 32.4. The van der Waals surface area contributed by atoms with Gasteiger partial charge in [0.2, 0.25) is 5.91 Å². The van der Waals surface area contributed by atoms with E-state index < -0.39 is 30.1 Å². The number of carbonyl (C=O) groups is 2. The molecular weight excluding hydrogens is 590 g/mol. The third kappa shape index (κ3) is 6.53. The van der Waals surface area contributed by atoms with Crippen LogP contribution < -0.4 is 0 Å². The van der Waals surface area contributed by atoms with Gasteiger partial charge < -0.3 is 14.1 Å². The Labute approximate surface area is 256 Å². The van der Waals surface area contributed by atoms with Crippen LogP contribution in [0.15, 0.2) is 59.1 Å². The Morgan fingerprint density at radius 2 is 1.51 bits per heavy atom. The lowest BCUT2D eigenvalue weighted by Crippen LogP contribution is -2.65. The van der Waals surface area contributed by atoms with Gasteiger partial charge in [-0.15, -0.1) is 11.8 Å². The van der Waals surface area contributed by atoms with Gasteiger partial charge in [0.1, 0.15) is 12.3 Å². The lowest BCUT2D eigenvalue weighted by molar-refractivity contribution is -0.385. The Kier molecular flexibility index (Phi) is 9.19. The fourth-order valence-electron chi connectivity index (χ4n) is 5.21. The van der Waals surface area contributed by atoms with Crippen LogP contribution in [0.1, 0.15) is 45.7 Å². The summed E-state index contributed by atoms with van der Waals surface area (Å²) in [6.45, 7) is 14.5. The lowest BCUT2D eigenvalue weighted by Gasteiger charge is -2.50. The van der Waals surface area contributed by atoms with Crippen LogP contribution in [0.5, 0.6) is 0 Å². The molecule has 0 spiro atoms. The Hall–Kier alpha value is -3.55. The number of ether oxygens (including phenoxy) is 1. The van der Waals surface area contributed by atoms with Gasteiger partial charge in [-0.05, 0) is 48.3 Å². The van der Waals surface area contributed by atoms with Crippen LogP contribution in [0.2, 0.25) is 18.1 Å². The number of β-lactam (4-membered cyclic amide) rings is 1. The molecule has 4 rings (SSSR count). The maximum Gasteiger partial charge on any atom is 0.356 e. The normalized spacial score (nSPS) is 20.9. The van der Waals surface area contributed by atoms with Gasteiger partial charge in [0, 0.05) is 40.8 Å². The molecule has 0 aliphatic carbocycles. The number of nitro benzene ring substituents is 2. The number of nitro groups is 2. The highest BCUT2D eigenvalue weighted by molar-refractivity contribution is 8.02. The number of hydrogen-bond acceptors (Lipinski definition) is 9. The minimum atomic E-state index is -2.17. The van der Waals surface area contributed by atoms with Gasteiger partial charge in [0.25, 0.3) is 11.4 Å². The summed E-state index contributed by atoms with van der Waals surface area (Å²) >= 11 is 1.41. The Morgan fingerprint density at radius 3 is 2.00 bits per heavy atom. The number of fused-ring (bicyclic) bond motifs is 1. The quantitative estimate of drug-likeness (QED) is 0.0888. The standard InChI is InChI=1S/C30H37N3O8SSi/c1-18-25-24(19(2)41-43(6,7)30(3,4)5)28(34)31(25)26(27(18)42-17-21-10-14-23(15-11-21)33(38)39)29(35)40-16-20-8-12-22(13-9-20)32(36)37/h8-15,18-19,24-25H,16-17H2,1-7H3/t18-,19?,24-,25-/m1/s1. The van der Waals surface area contributed by atoms with E-state index in [1.807, 2.05) is 13.8 Å². The first-order valence-corrected chi connectivity index (χ1v) is 17.9. The van der Waals surface area contributed by atoms with Crippen molar-refractivity contribution < 1.29 is 28.6 Å². The van der Waals surface area contributed by atoms with Crippen molar-refractivity contribution in [2.75, 3.05) is 0 Å². The van der Waals surface area contributed by atoms with Gasteiger partial charge in [-0.3, -0.25) is 25.0 Å². The molecule has 11 nitrogen and oxygen atoms in total. The van der Waals surface area contributed by atoms with E-state index in [9.17, 15) is 29.8 Å². The van der Waals surface area contributed by atoms with Crippen molar-refractivity contribution in [3.05, 3.63) is 90.5 Å². The number of carbonyl (C=O) groups excluding carboxylic acids is 2. The fraction of sp³-hybridized carbons (Fsp3) is 0.467. The second-order valence-electron chi connectivity index (χ2n) is 12.5. The number of esters is 1. The molecule has 2 aliphatic rings. The van der Waals surface area contributed by atoms with Crippen molar-refractivity contribution in [1.82, 2.24) is 4.90 Å². The molecule has 2 aromatic carbocycles. The topological polar surface area (TPSA) is 142 Å². The zero-order chi connectivity index (χ0) is 31.9. The molecule has 0 N–H and O–H groups in total. The van der Waals surface area contributed by atoms with Gasteiger partial charge in [0.05, 0.1) is 27.9 Å². The Balaban J connectivity index is 1.57. The smallest absolute Gasteiger partial charge is 0.356 e. The van der Waals surface area contributed by atoms with Crippen molar-refractivity contribution in [3.8, 4) is 0 Å². The second-order valence-corrected chi connectivity index (χ2v) is 18.3. The number of benzene rings is 2. The van der Waals surface area contributed by atoms with E-state index in [4.69, 9.17) is 9.16 Å². The monoisotopic (exact) mass is 627 g/mol. The molecule has 0 saturated carbocycles. The number of rotatable bonds is 11. The molecule has 0 bridgehead atoms. The Bertz CT molecular complexity index is 1450. The minimum absolute atomic E-state index is 0.00831. The molecule has 0 aromatic heterocycles. The molecule has 2 aromatic rings. The van der Waals surface area contributed by atoms with Crippen LogP contribution in [0.4, 0.5) is 11.4 Å².